The molecule has 0 aliphatic carbocycles. The third-order valence-electron chi connectivity index (χ3n) is 5.69. The van der Waals surface area contributed by atoms with Crippen molar-refractivity contribution in [3.63, 3.8) is 0 Å². The second-order valence-corrected chi connectivity index (χ2v) is 8.35. The molecule has 0 bridgehead atoms. The highest BCUT2D eigenvalue weighted by molar-refractivity contribution is 5.89. The molecule has 0 radical (unpaired) electrons. The molecule has 2 aromatic carbocycles. The molecular weight excluding hydrogens is 422 g/mol. The van der Waals surface area contributed by atoms with Gasteiger partial charge in [0.2, 0.25) is 0 Å². The SMILES string of the molecule is CCCN1CCC(N(Cc2cc(C)cc(F)c2)C(=O)Nc2cccc(C(F)(F)F)c2)CC1. The smallest absolute Gasteiger partial charge is 0.317 e. The molecule has 2 amide bonds. The second-order valence-electron chi connectivity index (χ2n) is 8.35. The van der Waals surface area contributed by atoms with Gasteiger partial charge in [0.1, 0.15) is 5.82 Å². The van der Waals surface area contributed by atoms with Crippen LogP contribution in [0.2, 0.25) is 0 Å². The van der Waals surface area contributed by atoms with E-state index < -0.39 is 17.8 Å². The summed E-state index contributed by atoms with van der Waals surface area (Å²) in [5.41, 5.74) is 0.651. The van der Waals surface area contributed by atoms with E-state index >= 15 is 0 Å². The van der Waals surface area contributed by atoms with E-state index in [2.05, 4.69) is 17.1 Å². The zero-order valence-corrected chi connectivity index (χ0v) is 18.4. The summed E-state index contributed by atoms with van der Waals surface area (Å²) in [6.45, 7) is 6.76. The second kappa shape index (κ2) is 10.3. The molecule has 1 aliphatic rings. The van der Waals surface area contributed by atoms with E-state index in [4.69, 9.17) is 0 Å². The number of hydrogen-bond acceptors (Lipinski definition) is 2. The molecule has 0 spiro atoms. The van der Waals surface area contributed by atoms with Gasteiger partial charge in [-0.25, -0.2) is 9.18 Å². The average molecular weight is 452 g/mol. The molecule has 1 saturated heterocycles. The number of halogens is 4. The Kier molecular flexibility index (Phi) is 7.77. The van der Waals surface area contributed by atoms with Crippen molar-refractivity contribution < 1.29 is 22.4 Å². The first-order valence-electron chi connectivity index (χ1n) is 10.9. The van der Waals surface area contributed by atoms with Crippen LogP contribution in [0, 0.1) is 12.7 Å². The van der Waals surface area contributed by atoms with Gasteiger partial charge in [-0.1, -0.05) is 19.1 Å². The monoisotopic (exact) mass is 451 g/mol. The molecular formula is C24H29F4N3O. The van der Waals surface area contributed by atoms with E-state index in [1.54, 1.807) is 11.8 Å². The van der Waals surface area contributed by atoms with E-state index in [0.29, 0.717) is 5.56 Å². The number of rotatable bonds is 6. The molecule has 3 rings (SSSR count). The molecule has 1 fully saturated rings. The van der Waals surface area contributed by atoms with Crippen LogP contribution in [0.1, 0.15) is 42.9 Å². The zero-order chi connectivity index (χ0) is 23.3. The summed E-state index contributed by atoms with van der Waals surface area (Å²) in [6.07, 6.45) is -1.94. The van der Waals surface area contributed by atoms with Crippen LogP contribution in [-0.4, -0.2) is 41.5 Å². The Bertz CT molecular complexity index is 903. The standard InChI is InChI=1S/C24H29F4N3O/c1-3-9-30-10-7-22(8-11-30)31(16-18-12-17(2)13-20(25)14-18)23(32)29-21-6-4-5-19(15-21)24(26,27)28/h4-6,12-15,22H,3,7-11,16H2,1-2H3,(H,29,32). The van der Waals surface area contributed by atoms with Crippen molar-refractivity contribution in [2.24, 2.45) is 0 Å². The summed E-state index contributed by atoms with van der Waals surface area (Å²) in [6, 6.07) is 8.64. The van der Waals surface area contributed by atoms with Crippen LogP contribution in [0.5, 0.6) is 0 Å². The van der Waals surface area contributed by atoms with Crippen LogP contribution in [-0.2, 0) is 12.7 Å². The van der Waals surface area contributed by atoms with Gasteiger partial charge < -0.3 is 15.1 Å². The number of hydrogen-bond donors (Lipinski definition) is 1. The summed E-state index contributed by atoms with van der Waals surface area (Å²) in [7, 11) is 0. The van der Waals surface area contributed by atoms with Crippen molar-refractivity contribution in [1.29, 1.82) is 0 Å². The van der Waals surface area contributed by atoms with Crippen LogP contribution in [0.25, 0.3) is 0 Å². The van der Waals surface area contributed by atoms with Crippen molar-refractivity contribution in [3.05, 3.63) is 65.0 Å². The molecule has 174 valence electrons. The first kappa shape index (κ1) is 24.0. The topological polar surface area (TPSA) is 35.6 Å². The third kappa shape index (κ3) is 6.45. The fourth-order valence-electron chi connectivity index (χ4n) is 4.21. The summed E-state index contributed by atoms with van der Waals surface area (Å²) >= 11 is 0. The Morgan fingerprint density at radius 1 is 1.16 bits per heavy atom. The van der Waals surface area contributed by atoms with Crippen LogP contribution in [0.4, 0.5) is 28.0 Å². The van der Waals surface area contributed by atoms with Gasteiger partial charge in [0, 0.05) is 31.4 Å². The van der Waals surface area contributed by atoms with Gasteiger partial charge in [-0.2, -0.15) is 13.2 Å². The predicted molar refractivity (Wildman–Crippen MR) is 117 cm³/mol. The predicted octanol–water partition coefficient (Wildman–Crippen LogP) is 6.06. The van der Waals surface area contributed by atoms with Crippen LogP contribution in [0.3, 0.4) is 0 Å². The largest absolute Gasteiger partial charge is 0.416 e. The summed E-state index contributed by atoms with van der Waals surface area (Å²) in [4.78, 5) is 17.1. The maximum absolute atomic E-state index is 13.9. The molecule has 4 nitrogen and oxygen atoms in total. The number of carbonyl (C=O) groups is 1. The zero-order valence-electron chi connectivity index (χ0n) is 18.4. The maximum Gasteiger partial charge on any atom is 0.416 e. The van der Waals surface area contributed by atoms with Gasteiger partial charge in [-0.05, 0) is 74.2 Å². The van der Waals surface area contributed by atoms with Crippen molar-refractivity contribution in [3.8, 4) is 0 Å². The first-order valence-corrected chi connectivity index (χ1v) is 10.9. The highest BCUT2D eigenvalue weighted by atomic mass is 19.4. The molecule has 0 saturated carbocycles. The lowest BCUT2D eigenvalue weighted by molar-refractivity contribution is -0.137. The lowest BCUT2D eigenvalue weighted by Crippen LogP contribution is -2.48. The van der Waals surface area contributed by atoms with Crippen LogP contribution >= 0.6 is 0 Å². The lowest BCUT2D eigenvalue weighted by Gasteiger charge is -2.38. The number of piperidine rings is 1. The van der Waals surface area contributed by atoms with E-state index in [-0.39, 0.29) is 24.1 Å². The minimum Gasteiger partial charge on any atom is -0.317 e. The van der Waals surface area contributed by atoms with E-state index in [1.807, 2.05) is 6.07 Å². The van der Waals surface area contributed by atoms with Crippen molar-refractivity contribution in [2.45, 2.75) is 51.9 Å². The first-order chi connectivity index (χ1) is 15.2. The summed E-state index contributed by atoms with van der Waals surface area (Å²) in [5, 5.41) is 2.62. The Labute approximate surface area is 186 Å². The Morgan fingerprint density at radius 2 is 1.88 bits per heavy atom. The molecule has 2 aromatic rings. The van der Waals surface area contributed by atoms with Gasteiger partial charge >= 0.3 is 12.2 Å². The molecule has 0 aromatic heterocycles. The lowest BCUT2D eigenvalue weighted by atomic mass is 10.0. The number of carbonyl (C=O) groups excluding carboxylic acids is 1. The van der Waals surface area contributed by atoms with Gasteiger partial charge in [-0.3, -0.25) is 0 Å². The molecule has 0 atom stereocenters. The summed E-state index contributed by atoms with van der Waals surface area (Å²) < 4.78 is 53.1. The number of urea groups is 1. The van der Waals surface area contributed by atoms with Gasteiger partial charge in [0.05, 0.1) is 5.56 Å². The molecule has 0 unspecified atom stereocenters. The van der Waals surface area contributed by atoms with Crippen molar-refractivity contribution in [2.75, 3.05) is 25.0 Å². The van der Waals surface area contributed by atoms with E-state index in [0.717, 1.165) is 56.6 Å². The molecule has 32 heavy (non-hydrogen) atoms. The highest BCUT2D eigenvalue weighted by Crippen LogP contribution is 2.31. The highest BCUT2D eigenvalue weighted by Gasteiger charge is 2.31. The number of nitrogens with zero attached hydrogens (tertiary/aromatic N) is 2. The molecule has 1 heterocycles. The number of aryl methyl sites for hydroxylation is 1. The Balaban J connectivity index is 1.80. The van der Waals surface area contributed by atoms with E-state index in [9.17, 15) is 22.4 Å². The number of likely N-dealkylation sites (tertiary alicyclic amines) is 1. The fourth-order valence-corrected chi connectivity index (χ4v) is 4.21. The minimum atomic E-state index is -4.49. The van der Waals surface area contributed by atoms with Crippen LogP contribution in [0.15, 0.2) is 42.5 Å². The third-order valence-corrected chi connectivity index (χ3v) is 5.69. The average Bonchev–Trinajstić information content (AvgIpc) is 2.72. The maximum atomic E-state index is 13.9. The number of anilines is 1. The molecule has 8 heteroatoms. The van der Waals surface area contributed by atoms with E-state index in [1.165, 1.54) is 24.3 Å². The minimum absolute atomic E-state index is 0.0775. The fraction of sp³-hybridized carbons (Fsp3) is 0.458. The number of amides is 2. The Hall–Kier alpha value is -2.61. The molecule has 1 N–H and O–H groups in total. The van der Waals surface area contributed by atoms with Crippen molar-refractivity contribution in [1.82, 2.24) is 9.80 Å². The molecule has 1 aliphatic heterocycles. The number of alkyl halides is 3. The van der Waals surface area contributed by atoms with Gasteiger partial charge in [0.15, 0.2) is 0 Å². The summed E-state index contributed by atoms with van der Waals surface area (Å²) in [5.74, 6) is -0.379. The van der Waals surface area contributed by atoms with Gasteiger partial charge in [-0.15, -0.1) is 0 Å². The quantitative estimate of drug-likeness (QED) is 0.542. The Morgan fingerprint density at radius 3 is 2.50 bits per heavy atom. The number of benzene rings is 2. The van der Waals surface area contributed by atoms with Crippen molar-refractivity contribution >= 4 is 11.7 Å². The van der Waals surface area contributed by atoms with Gasteiger partial charge in [0.25, 0.3) is 0 Å². The number of nitrogens with one attached hydrogen (secondary N) is 1. The van der Waals surface area contributed by atoms with Crippen LogP contribution < -0.4 is 5.32 Å². The normalized spacial score (nSPS) is 15.6.